The summed E-state index contributed by atoms with van der Waals surface area (Å²) in [6, 6.07) is 9.35. The summed E-state index contributed by atoms with van der Waals surface area (Å²) in [5.41, 5.74) is 1.51. The molecule has 132 valence electrons. The molecular weight excluding hydrogens is 326 g/mol. The summed E-state index contributed by atoms with van der Waals surface area (Å²) in [6.45, 7) is 0.307. The van der Waals surface area contributed by atoms with Gasteiger partial charge in [0.1, 0.15) is 0 Å². The monoisotopic (exact) mass is 346 g/mol. The number of halogens is 2. The Morgan fingerprint density at radius 1 is 1.28 bits per heavy atom. The maximum atomic E-state index is 13.3. The molecule has 2 N–H and O–H groups in total. The molecule has 25 heavy (non-hydrogen) atoms. The fraction of sp³-hybridized carbons (Fsp3) is 0.368. The molecule has 0 aliphatic heterocycles. The molecule has 3 rings (SSSR count). The van der Waals surface area contributed by atoms with Crippen molar-refractivity contribution >= 4 is 5.91 Å². The standard InChI is InChI=1S/C19H20F2N2O2/c20-17-5-4-13(8-18(17)21)15-9-16(15)19(25)23-10-12(11-24)7-14-3-1-2-6-22-14/h1-6,8,12,15-16,24H,7,9-11H2,(H,23,25). The number of aromatic nitrogens is 1. The minimum Gasteiger partial charge on any atom is -0.396 e. The summed E-state index contributed by atoms with van der Waals surface area (Å²) >= 11 is 0. The number of pyridine rings is 1. The van der Waals surface area contributed by atoms with Gasteiger partial charge in [-0.2, -0.15) is 0 Å². The number of carbonyl (C=O) groups excluding carboxylic acids is 1. The van der Waals surface area contributed by atoms with Gasteiger partial charge in [0, 0.05) is 36.9 Å². The molecular formula is C19H20F2N2O2. The lowest BCUT2D eigenvalue weighted by Gasteiger charge is -2.14. The van der Waals surface area contributed by atoms with Crippen LogP contribution >= 0.6 is 0 Å². The largest absolute Gasteiger partial charge is 0.396 e. The molecule has 0 saturated heterocycles. The van der Waals surface area contributed by atoms with Gasteiger partial charge >= 0.3 is 0 Å². The van der Waals surface area contributed by atoms with Crippen LogP contribution in [0.5, 0.6) is 0 Å². The van der Waals surface area contributed by atoms with Crippen LogP contribution in [0.3, 0.4) is 0 Å². The van der Waals surface area contributed by atoms with Crippen molar-refractivity contribution in [3.63, 3.8) is 0 Å². The van der Waals surface area contributed by atoms with Crippen molar-refractivity contribution in [3.8, 4) is 0 Å². The van der Waals surface area contributed by atoms with Gasteiger partial charge in [0.05, 0.1) is 0 Å². The summed E-state index contributed by atoms with van der Waals surface area (Å²) in [6.07, 6.45) is 2.90. The van der Waals surface area contributed by atoms with Crippen molar-refractivity contribution in [1.29, 1.82) is 0 Å². The van der Waals surface area contributed by atoms with Crippen molar-refractivity contribution in [2.75, 3.05) is 13.2 Å². The number of hydrogen-bond acceptors (Lipinski definition) is 3. The fourth-order valence-corrected chi connectivity index (χ4v) is 2.99. The number of benzene rings is 1. The van der Waals surface area contributed by atoms with Gasteiger partial charge in [-0.05, 0) is 48.6 Å². The molecule has 2 aromatic rings. The number of amides is 1. The molecule has 1 aromatic carbocycles. The number of aliphatic hydroxyl groups is 1. The summed E-state index contributed by atoms with van der Waals surface area (Å²) in [4.78, 5) is 16.5. The van der Waals surface area contributed by atoms with E-state index in [0.29, 0.717) is 24.9 Å². The van der Waals surface area contributed by atoms with Crippen LogP contribution in [0.15, 0.2) is 42.6 Å². The van der Waals surface area contributed by atoms with Gasteiger partial charge in [0.15, 0.2) is 11.6 Å². The molecule has 1 saturated carbocycles. The molecule has 1 fully saturated rings. The minimum absolute atomic E-state index is 0.0475. The summed E-state index contributed by atoms with van der Waals surface area (Å²) in [5.74, 6) is -2.30. The Labute approximate surface area is 144 Å². The van der Waals surface area contributed by atoms with Gasteiger partial charge in [-0.15, -0.1) is 0 Å². The van der Waals surface area contributed by atoms with E-state index in [1.807, 2.05) is 18.2 Å². The van der Waals surface area contributed by atoms with E-state index in [2.05, 4.69) is 10.3 Å². The zero-order valence-electron chi connectivity index (χ0n) is 13.7. The highest BCUT2D eigenvalue weighted by atomic mass is 19.2. The number of hydrogen-bond donors (Lipinski definition) is 2. The lowest BCUT2D eigenvalue weighted by atomic mass is 10.0. The molecule has 0 bridgehead atoms. The number of rotatable bonds is 7. The van der Waals surface area contributed by atoms with Crippen LogP contribution < -0.4 is 5.32 Å². The molecule has 0 spiro atoms. The second-order valence-electron chi connectivity index (χ2n) is 6.44. The zero-order chi connectivity index (χ0) is 17.8. The minimum atomic E-state index is -0.890. The van der Waals surface area contributed by atoms with E-state index >= 15 is 0 Å². The maximum Gasteiger partial charge on any atom is 0.223 e. The first-order valence-electron chi connectivity index (χ1n) is 8.32. The molecule has 0 radical (unpaired) electrons. The van der Waals surface area contributed by atoms with Gasteiger partial charge in [-0.3, -0.25) is 9.78 Å². The van der Waals surface area contributed by atoms with E-state index in [0.717, 1.165) is 17.8 Å². The Bertz CT molecular complexity index is 739. The van der Waals surface area contributed by atoms with Crippen LogP contribution in [-0.2, 0) is 11.2 Å². The average Bonchev–Trinajstić information content (AvgIpc) is 3.42. The predicted octanol–water partition coefficient (Wildman–Crippen LogP) is 2.43. The maximum absolute atomic E-state index is 13.3. The highest BCUT2D eigenvalue weighted by molar-refractivity contribution is 5.82. The zero-order valence-corrected chi connectivity index (χ0v) is 13.7. The van der Waals surface area contributed by atoms with Crippen molar-refractivity contribution in [1.82, 2.24) is 10.3 Å². The highest BCUT2D eigenvalue weighted by Crippen LogP contribution is 2.47. The lowest BCUT2D eigenvalue weighted by molar-refractivity contribution is -0.122. The van der Waals surface area contributed by atoms with Crippen LogP contribution in [0.25, 0.3) is 0 Å². The molecule has 1 amide bonds. The Balaban J connectivity index is 1.50. The van der Waals surface area contributed by atoms with Crippen LogP contribution in [-0.4, -0.2) is 29.1 Å². The van der Waals surface area contributed by atoms with Crippen LogP contribution in [0.2, 0.25) is 0 Å². The van der Waals surface area contributed by atoms with Gasteiger partial charge in [0.2, 0.25) is 5.91 Å². The Kier molecular flexibility index (Phi) is 5.38. The van der Waals surface area contributed by atoms with E-state index < -0.39 is 11.6 Å². The molecule has 3 atom stereocenters. The first kappa shape index (κ1) is 17.5. The first-order valence-corrected chi connectivity index (χ1v) is 8.32. The second kappa shape index (κ2) is 7.70. The Morgan fingerprint density at radius 3 is 2.80 bits per heavy atom. The highest BCUT2D eigenvalue weighted by Gasteiger charge is 2.44. The van der Waals surface area contributed by atoms with Crippen LogP contribution in [0.1, 0.15) is 23.6 Å². The quantitative estimate of drug-likeness (QED) is 0.809. The van der Waals surface area contributed by atoms with Gasteiger partial charge in [-0.25, -0.2) is 8.78 Å². The molecule has 1 aromatic heterocycles. The molecule has 4 nitrogen and oxygen atoms in total. The molecule has 6 heteroatoms. The smallest absolute Gasteiger partial charge is 0.223 e. The summed E-state index contributed by atoms with van der Waals surface area (Å²) < 4.78 is 26.3. The number of nitrogens with zero attached hydrogens (tertiary/aromatic N) is 1. The number of nitrogens with one attached hydrogen (secondary N) is 1. The summed E-state index contributed by atoms with van der Waals surface area (Å²) in [5, 5.41) is 12.3. The normalized spacial score (nSPS) is 20.1. The van der Waals surface area contributed by atoms with Gasteiger partial charge < -0.3 is 10.4 Å². The third kappa shape index (κ3) is 4.39. The van der Waals surface area contributed by atoms with Crippen molar-refractivity contribution in [3.05, 3.63) is 65.5 Å². The van der Waals surface area contributed by atoms with Crippen molar-refractivity contribution in [2.45, 2.75) is 18.8 Å². The molecule has 1 heterocycles. The van der Waals surface area contributed by atoms with Crippen LogP contribution in [0.4, 0.5) is 8.78 Å². The Hall–Kier alpha value is -2.34. The molecule has 3 unspecified atom stereocenters. The lowest BCUT2D eigenvalue weighted by Crippen LogP contribution is -2.33. The molecule has 1 aliphatic carbocycles. The topological polar surface area (TPSA) is 62.2 Å². The average molecular weight is 346 g/mol. The van der Waals surface area contributed by atoms with Gasteiger partial charge in [0.25, 0.3) is 0 Å². The van der Waals surface area contributed by atoms with E-state index in [1.165, 1.54) is 6.07 Å². The van der Waals surface area contributed by atoms with Crippen LogP contribution in [0, 0.1) is 23.5 Å². The first-order chi connectivity index (χ1) is 12.1. The predicted molar refractivity (Wildman–Crippen MR) is 88.7 cm³/mol. The van der Waals surface area contributed by atoms with E-state index in [-0.39, 0.29) is 30.3 Å². The summed E-state index contributed by atoms with van der Waals surface area (Å²) in [7, 11) is 0. The Morgan fingerprint density at radius 2 is 2.12 bits per heavy atom. The second-order valence-corrected chi connectivity index (χ2v) is 6.44. The number of carbonyl (C=O) groups is 1. The third-order valence-corrected chi connectivity index (χ3v) is 4.55. The fourth-order valence-electron chi connectivity index (χ4n) is 2.99. The number of aliphatic hydroxyl groups excluding tert-OH is 1. The van der Waals surface area contributed by atoms with E-state index in [1.54, 1.807) is 6.20 Å². The van der Waals surface area contributed by atoms with E-state index in [9.17, 15) is 18.7 Å². The van der Waals surface area contributed by atoms with Gasteiger partial charge in [-0.1, -0.05) is 12.1 Å². The molecule has 1 aliphatic rings. The van der Waals surface area contributed by atoms with Crippen molar-refractivity contribution < 1.29 is 18.7 Å². The van der Waals surface area contributed by atoms with Crippen molar-refractivity contribution in [2.24, 2.45) is 11.8 Å². The third-order valence-electron chi connectivity index (χ3n) is 4.55. The van der Waals surface area contributed by atoms with E-state index in [4.69, 9.17) is 0 Å². The SMILES string of the molecule is O=C(NCC(CO)Cc1ccccn1)C1CC1c1ccc(F)c(F)c1.